The van der Waals surface area contributed by atoms with E-state index in [4.69, 9.17) is 23.2 Å². The largest absolute Gasteiger partial charge is 0.477 e. The Balaban J connectivity index is 1.86. The molecule has 2 aliphatic rings. The van der Waals surface area contributed by atoms with E-state index in [1.54, 1.807) is 49.5 Å². The van der Waals surface area contributed by atoms with Crippen LogP contribution < -0.4 is 10.2 Å². The number of rotatable bonds is 2. The van der Waals surface area contributed by atoms with E-state index in [-0.39, 0.29) is 23.1 Å². The van der Waals surface area contributed by atoms with E-state index >= 15 is 0 Å². The van der Waals surface area contributed by atoms with E-state index in [1.165, 1.54) is 4.90 Å². The van der Waals surface area contributed by atoms with Crippen molar-refractivity contribution in [3.63, 3.8) is 0 Å². The number of aromatic carboxylic acids is 1. The van der Waals surface area contributed by atoms with E-state index in [1.807, 2.05) is 0 Å². The number of amides is 2. The van der Waals surface area contributed by atoms with Gasteiger partial charge in [0.15, 0.2) is 0 Å². The van der Waals surface area contributed by atoms with Gasteiger partial charge in [-0.2, -0.15) is 0 Å². The van der Waals surface area contributed by atoms with Crippen molar-refractivity contribution in [3.8, 4) is 11.1 Å². The number of hydrogen-bond acceptors (Lipinski definition) is 4. The van der Waals surface area contributed by atoms with Crippen LogP contribution in [0.4, 0.5) is 11.4 Å². The Labute approximate surface area is 191 Å². The molecule has 2 N–H and O–H groups in total. The average molecular weight is 473 g/mol. The van der Waals surface area contributed by atoms with Gasteiger partial charge >= 0.3 is 5.97 Å². The topological polar surface area (TPSA) is 86.7 Å². The van der Waals surface area contributed by atoms with Crippen molar-refractivity contribution in [1.82, 2.24) is 0 Å². The highest BCUT2D eigenvalue weighted by atomic mass is 35.5. The van der Waals surface area contributed by atoms with Crippen molar-refractivity contribution in [2.24, 2.45) is 0 Å². The lowest BCUT2D eigenvalue weighted by atomic mass is 9.74. The summed E-state index contributed by atoms with van der Waals surface area (Å²) in [5.41, 5.74) is 1.21. The fourth-order valence-electron chi connectivity index (χ4n) is 4.44. The summed E-state index contributed by atoms with van der Waals surface area (Å²) in [4.78, 5) is 40.6. The number of carbonyl (C=O) groups is 3. The molecule has 0 bridgehead atoms. The Kier molecular flexibility index (Phi) is 4.41. The Morgan fingerprint density at radius 1 is 1.13 bits per heavy atom. The fourth-order valence-corrected chi connectivity index (χ4v) is 6.05. The summed E-state index contributed by atoms with van der Waals surface area (Å²) in [7, 11) is 1.64. The van der Waals surface area contributed by atoms with Crippen molar-refractivity contribution < 1.29 is 19.5 Å². The second-order valence-electron chi connectivity index (χ2n) is 7.48. The molecule has 0 saturated heterocycles. The predicted octanol–water partition coefficient (Wildman–Crippen LogP) is 5.02. The number of hydrogen-bond donors (Lipinski definition) is 2. The van der Waals surface area contributed by atoms with Crippen LogP contribution in [-0.2, 0) is 15.0 Å². The zero-order valence-corrected chi connectivity index (χ0v) is 18.4. The first-order chi connectivity index (χ1) is 14.7. The third kappa shape index (κ3) is 2.74. The van der Waals surface area contributed by atoms with Gasteiger partial charge in [0.1, 0.15) is 10.3 Å². The van der Waals surface area contributed by atoms with Gasteiger partial charge in [-0.1, -0.05) is 35.3 Å². The van der Waals surface area contributed by atoms with E-state index in [0.29, 0.717) is 43.0 Å². The van der Waals surface area contributed by atoms with Gasteiger partial charge in [0, 0.05) is 28.3 Å². The first kappa shape index (κ1) is 20.1. The fraction of sp³-hybridized carbons (Fsp3) is 0.136. The number of carboxylic acid groups (broad SMARTS) is 1. The minimum absolute atomic E-state index is 0.0415. The molecule has 9 heteroatoms. The normalized spacial score (nSPS) is 19.4. The van der Waals surface area contributed by atoms with Gasteiger partial charge in [-0.15, -0.1) is 11.3 Å². The maximum Gasteiger partial charge on any atom is 0.346 e. The molecule has 0 radical (unpaired) electrons. The van der Waals surface area contributed by atoms with Crippen LogP contribution in [0.2, 0.25) is 10.0 Å². The van der Waals surface area contributed by atoms with Crippen molar-refractivity contribution in [2.45, 2.75) is 11.8 Å². The first-order valence-electron chi connectivity index (χ1n) is 9.28. The minimum atomic E-state index is -1.33. The monoisotopic (exact) mass is 472 g/mol. The second kappa shape index (κ2) is 6.82. The molecular weight excluding hydrogens is 459 g/mol. The maximum atomic E-state index is 13.6. The highest BCUT2D eigenvalue weighted by molar-refractivity contribution is 7.15. The molecular formula is C22H14Cl2N2O4S. The summed E-state index contributed by atoms with van der Waals surface area (Å²) in [6, 6.07) is 11.8. The van der Waals surface area contributed by atoms with Gasteiger partial charge in [0.2, 0.25) is 11.8 Å². The molecule has 2 aliphatic heterocycles. The molecule has 1 spiro atoms. The van der Waals surface area contributed by atoms with Crippen LogP contribution in [0.3, 0.4) is 0 Å². The molecule has 156 valence electrons. The third-order valence-electron chi connectivity index (χ3n) is 5.76. The maximum absolute atomic E-state index is 13.6. The molecule has 5 rings (SSSR count). The SMILES string of the molecule is CN1C(=O)[C@@]2(CC(=O)Nc3c2sc(C(=O)O)c3-c2ccc(Cl)cc2)c2cc(Cl)ccc21. The van der Waals surface area contributed by atoms with Crippen molar-refractivity contribution in [3.05, 3.63) is 67.8 Å². The average Bonchev–Trinajstić information content (AvgIpc) is 3.20. The van der Waals surface area contributed by atoms with Crippen LogP contribution >= 0.6 is 34.5 Å². The number of anilines is 2. The quantitative estimate of drug-likeness (QED) is 0.547. The van der Waals surface area contributed by atoms with Crippen LogP contribution in [0.15, 0.2) is 42.5 Å². The standard InChI is InChI=1S/C22H14Cl2N2O4S/c1-26-14-7-6-12(24)8-13(14)22(21(26)30)9-15(27)25-17-16(10-2-4-11(23)5-3-10)18(20(28)29)31-19(17)22/h2-8H,9H2,1H3,(H,25,27)(H,28,29)/t22-/m0/s1. The molecule has 31 heavy (non-hydrogen) atoms. The number of nitrogens with zero attached hydrogens (tertiary/aromatic N) is 1. The Morgan fingerprint density at radius 2 is 1.81 bits per heavy atom. The Morgan fingerprint density at radius 3 is 2.48 bits per heavy atom. The van der Waals surface area contributed by atoms with Gasteiger partial charge in [0.25, 0.3) is 0 Å². The zero-order chi connectivity index (χ0) is 22.1. The zero-order valence-electron chi connectivity index (χ0n) is 16.0. The van der Waals surface area contributed by atoms with Gasteiger partial charge < -0.3 is 15.3 Å². The summed E-state index contributed by atoms with van der Waals surface area (Å²) < 4.78 is 0. The molecule has 2 aromatic carbocycles. The second-order valence-corrected chi connectivity index (χ2v) is 9.37. The summed E-state index contributed by atoms with van der Waals surface area (Å²) in [5, 5.41) is 13.7. The summed E-state index contributed by atoms with van der Waals surface area (Å²) in [6.07, 6.45) is -0.129. The van der Waals surface area contributed by atoms with E-state index in [2.05, 4.69) is 5.32 Å². The highest BCUT2D eigenvalue weighted by Crippen LogP contribution is 2.57. The van der Waals surface area contributed by atoms with Crippen molar-refractivity contribution >= 4 is 63.7 Å². The van der Waals surface area contributed by atoms with Crippen LogP contribution in [-0.4, -0.2) is 29.9 Å². The lowest BCUT2D eigenvalue weighted by Gasteiger charge is -2.32. The summed E-state index contributed by atoms with van der Waals surface area (Å²) in [5.74, 6) is -1.80. The number of fused-ring (bicyclic) bond motifs is 4. The molecule has 0 unspecified atom stereocenters. The number of halogens is 2. The van der Waals surface area contributed by atoms with Crippen molar-refractivity contribution in [2.75, 3.05) is 17.3 Å². The molecule has 1 aromatic heterocycles. The van der Waals surface area contributed by atoms with Crippen LogP contribution in [0.5, 0.6) is 0 Å². The molecule has 2 amide bonds. The van der Waals surface area contributed by atoms with Gasteiger partial charge in [-0.25, -0.2) is 4.79 Å². The Hall–Kier alpha value is -2.87. The number of benzene rings is 2. The summed E-state index contributed by atoms with van der Waals surface area (Å²) in [6.45, 7) is 0. The first-order valence-corrected chi connectivity index (χ1v) is 10.9. The van der Waals surface area contributed by atoms with Crippen LogP contribution in [0.25, 0.3) is 11.1 Å². The molecule has 3 heterocycles. The molecule has 3 aromatic rings. The van der Waals surface area contributed by atoms with E-state index < -0.39 is 11.4 Å². The number of nitrogens with one attached hydrogen (secondary N) is 1. The lowest BCUT2D eigenvalue weighted by molar-refractivity contribution is -0.126. The molecule has 0 fully saturated rings. The van der Waals surface area contributed by atoms with Crippen LogP contribution in [0.1, 0.15) is 26.5 Å². The number of carbonyl (C=O) groups excluding carboxylic acids is 2. The van der Waals surface area contributed by atoms with Gasteiger partial charge in [-0.05, 0) is 41.5 Å². The highest BCUT2D eigenvalue weighted by Gasteiger charge is 2.57. The predicted molar refractivity (Wildman–Crippen MR) is 121 cm³/mol. The van der Waals surface area contributed by atoms with Crippen LogP contribution in [0, 0.1) is 0 Å². The molecule has 1 atom stereocenters. The molecule has 6 nitrogen and oxygen atoms in total. The molecule has 0 saturated carbocycles. The van der Waals surface area contributed by atoms with E-state index in [9.17, 15) is 19.5 Å². The Bertz CT molecular complexity index is 1300. The third-order valence-corrected chi connectivity index (χ3v) is 7.59. The lowest BCUT2D eigenvalue weighted by Crippen LogP contribution is -2.45. The number of thiophene rings is 1. The van der Waals surface area contributed by atoms with Gasteiger partial charge in [-0.3, -0.25) is 9.59 Å². The summed E-state index contributed by atoms with van der Waals surface area (Å²) >= 11 is 13.3. The molecule has 0 aliphatic carbocycles. The van der Waals surface area contributed by atoms with E-state index in [0.717, 1.165) is 11.3 Å². The number of carboxylic acids is 1. The smallest absolute Gasteiger partial charge is 0.346 e. The van der Waals surface area contributed by atoms with Gasteiger partial charge in [0.05, 0.1) is 17.0 Å². The van der Waals surface area contributed by atoms with Crippen molar-refractivity contribution in [1.29, 1.82) is 0 Å². The number of likely N-dealkylation sites (N-methyl/N-ethyl adjacent to an activating group) is 1. The minimum Gasteiger partial charge on any atom is -0.477 e.